The maximum Gasteiger partial charge on any atom is 0.421 e. The molecule has 2 N–H and O–H groups in total. The van der Waals surface area contributed by atoms with Crippen molar-refractivity contribution in [1.29, 1.82) is 0 Å². The fraction of sp³-hybridized carbons (Fsp3) is 0.571. The van der Waals surface area contributed by atoms with Crippen LogP contribution in [0.5, 0.6) is 5.88 Å². The summed E-state index contributed by atoms with van der Waals surface area (Å²) in [6.07, 6.45) is -8.80. The van der Waals surface area contributed by atoms with Crippen LogP contribution >= 0.6 is 24.0 Å². The number of guanidine groups is 1. The van der Waals surface area contributed by atoms with Gasteiger partial charge in [0, 0.05) is 12.7 Å². The second kappa shape index (κ2) is 11.3. The lowest BCUT2D eigenvalue weighted by molar-refractivity contribution is -0.139. The van der Waals surface area contributed by atoms with Gasteiger partial charge < -0.3 is 15.4 Å². The van der Waals surface area contributed by atoms with Crippen molar-refractivity contribution in [2.24, 2.45) is 4.99 Å². The summed E-state index contributed by atoms with van der Waals surface area (Å²) >= 11 is 0. The lowest BCUT2D eigenvalue weighted by atomic mass is 10.2. The van der Waals surface area contributed by atoms with Gasteiger partial charge in [-0.15, -0.1) is 24.0 Å². The van der Waals surface area contributed by atoms with Crippen LogP contribution in [0.3, 0.4) is 0 Å². The molecule has 0 aliphatic rings. The highest BCUT2D eigenvalue weighted by atomic mass is 127. The highest BCUT2D eigenvalue weighted by molar-refractivity contribution is 14.0. The predicted octanol–water partition coefficient (Wildman–Crippen LogP) is 3.60. The second-order valence-corrected chi connectivity index (χ2v) is 4.75. The summed E-state index contributed by atoms with van der Waals surface area (Å²) in [6.45, 7) is 1.53. The molecule has 0 aromatic carbocycles. The van der Waals surface area contributed by atoms with Crippen LogP contribution in [0.1, 0.15) is 18.9 Å². The molecule has 0 radical (unpaired) electrons. The predicted molar refractivity (Wildman–Crippen MR) is 94.8 cm³/mol. The normalized spacial score (nSPS) is 12.3. The van der Waals surface area contributed by atoms with Gasteiger partial charge in [0.05, 0.1) is 19.5 Å². The van der Waals surface area contributed by atoms with Crippen molar-refractivity contribution in [3.05, 3.63) is 23.9 Å². The van der Waals surface area contributed by atoms with E-state index < -0.39 is 36.8 Å². The molecule has 0 fully saturated rings. The number of alkyl halides is 6. The molecule has 150 valence electrons. The second-order valence-electron chi connectivity index (χ2n) is 4.75. The molecule has 0 unspecified atom stereocenters. The summed E-state index contributed by atoms with van der Waals surface area (Å²) in [5.41, 5.74) is -0.999. The van der Waals surface area contributed by atoms with Gasteiger partial charge in [-0.05, 0) is 19.1 Å². The molecular formula is C14H19F6IN4O. The smallest absolute Gasteiger partial charge is 0.421 e. The summed E-state index contributed by atoms with van der Waals surface area (Å²) in [6, 6.07) is 1.99. The fourth-order valence-electron chi connectivity index (χ4n) is 1.67. The monoisotopic (exact) mass is 500 g/mol. The first-order valence-corrected chi connectivity index (χ1v) is 7.37. The van der Waals surface area contributed by atoms with Crippen molar-refractivity contribution >= 4 is 29.9 Å². The van der Waals surface area contributed by atoms with Gasteiger partial charge in [-0.2, -0.15) is 26.3 Å². The van der Waals surface area contributed by atoms with E-state index >= 15 is 0 Å². The first-order chi connectivity index (χ1) is 11.6. The third kappa shape index (κ3) is 9.87. The Morgan fingerprint density at radius 2 is 1.88 bits per heavy atom. The molecule has 12 heteroatoms. The average Bonchev–Trinajstić information content (AvgIpc) is 2.49. The van der Waals surface area contributed by atoms with Crippen molar-refractivity contribution in [3.63, 3.8) is 0 Å². The van der Waals surface area contributed by atoms with Crippen LogP contribution in [-0.2, 0) is 6.18 Å². The SMILES string of the molecule is CCNC(=NCCC(F)(F)F)NCCOc1ncccc1C(F)(F)F.I. The van der Waals surface area contributed by atoms with Gasteiger partial charge >= 0.3 is 12.4 Å². The minimum absolute atomic E-state index is 0. The first kappa shape index (κ1) is 24.5. The van der Waals surface area contributed by atoms with Gasteiger partial charge in [0.25, 0.3) is 0 Å². The van der Waals surface area contributed by atoms with E-state index in [2.05, 4.69) is 20.6 Å². The van der Waals surface area contributed by atoms with E-state index in [9.17, 15) is 26.3 Å². The Labute approximate surface area is 163 Å². The minimum Gasteiger partial charge on any atom is -0.475 e. The van der Waals surface area contributed by atoms with Crippen LogP contribution in [0.15, 0.2) is 23.3 Å². The quantitative estimate of drug-likeness (QED) is 0.198. The molecule has 26 heavy (non-hydrogen) atoms. The Morgan fingerprint density at radius 1 is 1.19 bits per heavy atom. The van der Waals surface area contributed by atoms with E-state index in [0.717, 1.165) is 12.1 Å². The molecule has 1 aromatic rings. The average molecular weight is 500 g/mol. The van der Waals surface area contributed by atoms with Gasteiger partial charge in [0.15, 0.2) is 5.96 Å². The van der Waals surface area contributed by atoms with E-state index in [1.54, 1.807) is 6.92 Å². The molecule has 0 aliphatic carbocycles. The van der Waals surface area contributed by atoms with Crippen molar-refractivity contribution in [2.45, 2.75) is 25.7 Å². The van der Waals surface area contributed by atoms with Crippen LogP contribution in [0.4, 0.5) is 26.3 Å². The largest absolute Gasteiger partial charge is 0.475 e. The zero-order valence-electron chi connectivity index (χ0n) is 13.7. The van der Waals surface area contributed by atoms with E-state index in [0.29, 0.717) is 6.54 Å². The van der Waals surface area contributed by atoms with E-state index in [4.69, 9.17) is 4.74 Å². The summed E-state index contributed by atoms with van der Waals surface area (Å²) in [7, 11) is 0. The number of aliphatic imine (C=N–C) groups is 1. The van der Waals surface area contributed by atoms with E-state index in [1.807, 2.05) is 0 Å². The molecule has 1 heterocycles. The summed E-state index contributed by atoms with van der Waals surface area (Å²) < 4.78 is 79.6. The maximum absolute atomic E-state index is 12.8. The van der Waals surface area contributed by atoms with Gasteiger partial charge in [-0.1, -0.05) is 0 Å². The standard InChI is InChI=1S/C14H18F6N4O.HI/c1-2-21-12(23-7-5-13(15,16)17)24-8-9-25-11-10(14(18,19)20)4-3-6-22-11;/h3-4,6H,2,5,7-9H2,1H3,(H2,21,23,24);1H. The number of ether oxygens (including phenoxy) is 1. The topological polar surface area (TPSA) is 58.5 Å². The fourth-order valence-corrected chi connectivity index (χ4v) is 1.67. The third-order valence-electron chi connectivity index (χ3n) is 2.72. The van der Waals surface area contributed by atoms with Gasteiger partial charge in [0.2, 0.25) is 5.88 Å². The van der Waals surface area contributed by atoms with Gasteiger partial charge in [-0.25, -0.2) is 4.98 Å². The number of rotatable bonds is 7. The Bertz CT molecular complexity index is 565. The Morgan fingerprint density at radius 3 is 2.46 bits per heavy atom. The van der Waals surface area contributed by atoms with Crippen LogP contribution in [0.25, 0.3) is 0 Å². The molecule has 1 aromatic heterocycles. The highest BCUT2D eigenvalue weighted by Crippen LogP contribution is 2.34. The molecule has 5 nitrogen and oxygen atoms in total. The zero-order chi connectivity index (χ0) is 18.9. The summed E-state index contributed by atoms with van der Waals surface area (Å²) in [5, 5.41) is 5.40. The van der Waals surface area contributed by atoms with Crippen LogP contribution in [0, 0.1) is 0 Å². The molecular weight excluding hydrogens is 481 g/mol. The first-order valence-electron chi connectivity index (χ1n) is 7.37. The number of aromatic nitrogens is 1. The Kier molecular flexibility index (Phi) is 10.6. The van der Waals surface area contributed by atoms with Gasteiger partial charge in [-0.3, -0.25) is 4.99 Å². The van der Waals surface area contributed by atoms with Crippen LogP contribution < -0.4 is 15.4 Å². The van der Waals surface area contributed by atoms with Crippen molar-refractivity contribution < 1.29 is 31.1 Å². The number of nitrogens with one attached hydrogen (secondary N) is 2. The molecule has 0 aliphatic heterocycles. The highest BCUT2D eigenvalue weighted by Gasteiger charge is 2.35. The van der Waals surface area contributed by atoms with Crippen molar-refractivity contribution in [1.82, 2.24) is 15.6 Å². The van der Waals surface area contributed by atoms with E-state index in [-0.39, 0.29) is 43.1 Å². The molecule has 0 atom stereocenters. The van der Waals surface area contributed by atoms with Gasteiger partial charge in [0.1, 0.15) is 12.2 Å². The molecule has 0 saturated heterocycles. The van der Waals surface area contributed by atoms with Crippen LogP contribution in [0.2, 0.25) is 0 Å². The molecule has 1 rings (SSSR count). The molecule has 0 bridgehead atoms. The number of hydrogen-bond donors (Lipinski definition) is 2. The lowest BCUT2D eigenvalue weighted by Crippen LogP contribution is -2.39. The Balaban J connectivity index is 0.00000625. The zero-order valence-corrected chi connectivity index (χ0v) is 16.1. The van der Waals surface area contributed by atoms with E-state index in [1.165, 1.54) is 6.20 Å². The number of halogens is 7. The maximum atomic E-state index is 12.8. The van der Waals surface area contributed by atoms with Crippen molar-refractivity contribution in [2.75, 3.05) is 26.2 Å². The molecule has 0 saturated carbocycles. The number of hydrogen-bond acceptors (Lipinski definition) is 3. The van der Waals surface area contributed by atoms with Crippen molar-refractivity contribution in [3.8, 4) is 5.88 Å². The number of pyridine rings is 1. The summed E-state index contributed by atoms with van der Waals surface area (Å²) in [4.78, 5) is 7.26. The molecule has 0 amide bonds. The molecule has 0 spiro atoms. The Hall–Kier alpha value is -1.47. The van der Waals surface area contributed by atoms with Crippen LogP contribution in [-0.4, -0.2) is 43.4 Å². The number of nitrogens with zero attached hydrogens (tertiary/aromatic N) is 2. The minimum atomic E-state index is -4.59. The third-order valence-corrected chi connectivity index (χ3v) is 2.72. The lowest BCUT2D eigenvalue weighted by Gasteiger charge is -2.14. The summed E-state index contributed by atoms with van der Waals surface area (Å²) in [5.74, 6) is -0.441.